The van der Waals surface area contributed by atoms with E-state index in [1.165, 1.54) is 21.2 Å². The van der Waals surface area contributed by atoms with Crippen LogP contribution in [0.2, 0.25) is 0 Å². The van der Waals surface area contributed by atoms with Gasteiger partial charge in [-0.05, 0) is 30.9 Å². The fourth-order valence-electron chi connectivity index (χ4n) is 3.46. The maximum atomic E-state index is 4.22. The Hall–Kier alpha value is -2.59. The van der Waals surface area contributed by atoms with Crippen LogP contribution < -0.4 is 9.80 Å². The number of hydrogen-bond acceptors (Lipinski definition) is 4. The van der Waals surface area contributed by atoms with Crippen molar-refractivity contribution in [2.45, 2.75) is 9.79 Å². The molecule has 0 amide bonds. The van der Waals surface area contributed by atoms with Gasteiger partial charge in [-0.1, -0.05) is 28.8 Å². The molecule has 3 heterocycles. The zero-order valence-electron chi connectivity index (χ0n) is 16.2. The smallest absolute Gasteiger partial charge is 0.504 e. The minimum Gasteiger partial charge on any atom is -0.504 e. The number of benzene rings is 3. The van der Waals surface area contributed by atoms with Gasteiger partial charge in [0.2, 0.25) is 0 Å². The van der Waals surface area contributed by atoms with Crippen molar-refractivity contribution in [2.24, 2.45) is 0 Å². The van der Waals surface area contributed by atoms with Crippen molar-refractivity contribution in [3.8, 4) is 11.3 Å². The minimum absolute atomic E-state index is 0. The van der Waals surface area contributed by atoms with E-state index in [2.05, 4.69) is 64.9 Å². The molecule has 1 aromatic heterocycles. The van der Waals surface area contributed by atoms with Crippen LogP contribution in [-0.4, -0.2) is 12.0 Å². The second-order valence-corrected chi connectivity index (χ2v) is 7.78. The van der Waals surface area contributed by atoms with Crippen LogP contribution in [0.15, 0.2) is 94.9 Å². The summed E-state index contributed by atoms with van der Waals surface area (Å²) in [4.78, 5) is 11.2. The van der Waals surface area contributed by atoms with Gasteiger partial charge in [-0.2, -0.15) is 42.7 Å². The molecule has 30 heavy (non-hydrogen) atoms. The van der Waals surface area contributed by atoms with E-state index >= 15 is 0 Å². The van der Waals surface area contributed by atoms with E-state index in [-0.39, 0.29) is 20.1 Å². The second kappa shape index (κ2) is 9.05. The Morgan fingerprint density at radius 1 is 0.867 bits per heavy atom. The molecular weight excluding hydrogens is 567 g/mol. The predicted octanol–water partition coefficient (Wildman–Crippen LogP) is 6.20. The first-order valence-electron chi connectivity index (χ1n) is 9.38. The predicted molar refractivity (Wildman–Crippen MR) is 119 cm³/mol. The van der Waals surface area contributed by atoms with Gasteiger partial charge in [-0.15, -0.1) is 35.9 Å². The van der Waals surface area contributed by atoms with Crippen LogP contribution in [0.4, 0.5) is 17.1 Å². The Labute approximate surface area is 195 Å². The van der Waals surface area contributed by atoms with E-state index in [1.807, 2.05) is 66.4 Å². The Morgan fingerprint density at radius 3 is 2.50 bits per heavy atom. The Morgan fingerprint density at radius 2 is 1.70 bits per heavy atom. The first kappa shape index (κ1) is 20.7. The molecule has 0 atom stereocenters. The summed E-state index contributed by atoms with van der Waals surface area (Å²) in [6.07, 6.45) is 1.79. The van der Waals surface area contributed by atoms with E-state index in [1.54, 1.807) is 6.20 Å². The van der Waals surface area contributed by atoms with Gasteiger partial charge in [0.05, 0.1) is 0 Å². The molecule has 0 spiro atoms. The maximum Gasteiger partial charge on any atom is 3.00 e. The average Bonchev–Trinajstić information content (AvgIpc) is 3.14. The summed E-state index contributed by atoms with van der Waals surface area (Å²) in [6.45, 7) is 2.13. The summed E-state index contributed by atoms with van der Waals surface area (Å²) < 4.78 is 0. The topological polar surface area (TPSA) is 19.4 Å². The van der Waals surface area contributed by atoms with E-state index < -0.39 is 0 Å². The maximum absolute atomic E-state index is 4.22. The Bertz CT molecular complexity index is 1100. The molecule has 2 aliphatic heterocycles. The Balaban J connectivity index is 0.000000149. The summed E-state index contributed by atoms with van der Waals surface area (Å²) in [6, 6.07) is 32.8. The van der Waals surface area contributed by atoms with Gasteiger partial charge in [-0.25, -0.2) is 0 Å². The van der Waals surface area contributed by atoms with E-state index in [0.717, 1.165) is 16.9 Å². The summed E-state index contributed by atoms with van der Waals surface area (Å²) in [7, 11) is 2.08. The quantitative estimate of drug-likeness (QED) is 0.248. The number of rotatable bonds is 1. The number of para-hydroxylation sites is 2. The molecule has 0 saturated heterocycles. The largest absolute Gasteiger partial charge is 3.00 e. The normalized spacial score (nSPS) is 12.8. The molecule has 0 aliphatic carbocycles. The van der Waals surface area contributed by atoms with Crippen molar-refractivity contribution in [2.75, 3.05) is 16.8 Å². The molecule has 3 aromatic carbocycles. The molecule has 2 aliphatic rings. The molecule has 148 valence electrons. The van der Waals surface area contributed by atoms with E-state index in [9.17, 15) is 0 Å². The van der Waals surface area contributed by atoms with Crippen LogP contribution in [-0.2, 0) is 20.1 Å². The zero-order valence-corrected chi connectivity index (χ0v) is 19.5. The molecule has 6 rings (SSSR count). The van der Waals surface area contributed by atoms with Crippen molar-refractivity contribution in [3.05, 3.63) is 104 Å². The van der Waals surface area contributed by atoms with Gasteiger partial charge in [0, 0.05) is 22.5 Å². The molecule has 0 saturated carbocycles. The summed E-state index contributed by atoms with van der Waals surface area (Å²) in [5.74, 6) is 0. The second-order valence-electron chi connectivity index (χ2n) is 6.70. The van der Waals surface area contributed by atoms with Gasteiger partial charge in [0.15, 0.2) is 0 Å². The van der Waals surface area contributed by atoms with E-state index in [0.29, 0.717) is 0 Å². The molecule has 3 nitrogen and oxygen atoms in total. The number of anilines is 3. The molecule has 0 unspecified atom stereocenters. The third-order valence-corrected chi connectivity index (χ3v) is 5.89. The molecule has 0 N–H and O–H groups in total. The number of pyridine rings is 1. The van der Waals surface area contributed by atoms with Crippen molar-refractivity contribution >= 4 is 28.8 Å². The average molecular weight is 585 g/mol. The van der Waals surface area contributed by atoms with Crippen molar-refractivity contribution in [3.63, 3.8) is 0 Å². The molecule has 5 heteroatoms. The number of hydrogen-bond donors (Lipinski definition) is 0. The summed E-state index contributed by atoms with van der Waals surface area (Å²) in [5.41, 5.74) is 5.71. The molecule has 4 aromatic rings. The van der Waals surface area contributed by atoms with Gasteiger partial charge in [-0.3, -0.25) is 0 Å². The van der Waals surface area contributed by atoms with Crippen molar-refractivity contribution in [1.29, 1.82) is 0 Å². The first-order valence-corrected chi connectivity index (χ1v) is 10.2. The van der Waals surface area contributed by atoms with Crippen LogP contribution in [0.1, 0.15) is 0 Å². The third-order valence-electron chi connectivity index (χ3n) is 4.80. The third kappa shape index (κ3) is 3.89. The molecule has 0 bridgehead atoms. The number of fused-ring (bicyclic) bond motifs is 2. The van der Waals surface area contributed by atoms with Gasteiger partial charge in [0.1, 0.15) is 0 Å². The van der Waals surface area contributed by atoms with Crippen molar-refractivity contribution < 1.29 is 20.1 Å². The van der Waals surface area contributed by atoms with Crippen LogP contribution in [0.5, 0.6) is 0 Å². The van der Waals surface area contributed by atoms with Crippen LogP contribution in [0.25, 0.3) is 11.3 Å². The molecular formula is C25H18IrN3S. The van der Waals surface area contributed by atoms with Crippen molar-refractivity contribution in [1.82, 2.24) is 4.98 Å². The fraction of sp³-hybridized carbons (Fsp3) is 0.0400. The standard InChI is InChI=1S/C14H10N2S.C11H8N.Ir/c1-15-9-16-10-5-2-3-7-12(10)17-13-8-4-6-11(15)14(13)16;1-2-6-10(7-3-1)11-8-4-5-9-12-11;/h2-4,6-9H,1H3;1-6,8-9H;/q-2;-1;+3. The molecule has 0 fully saturated rings. The number of nitrogens with zero attached hydrogens (tertiary/aromatic N) is 3. The summed E-state index contributed by atoms with van der Waals surface area (Å²) >= 11 is 1.82. The first-order chi connectivity index (χ1) is 14.3. The van der Waals surface area contributed by atoms with Crippen LogP contribution in [0.3, 0.4) is 0 Å². The SMILES string of the molecule is CN1[CH-]N2c3[c-]cccc3Sc3cccc1c32.[Ir+3].[c-]1ccccc1-c1ccccn1. The number of aromatic nitrogens is 1. The molecule has 0 radical (unpaired) electrons. The minimum atomic E-state index is 0. The van der Waals surface area contributed by atoms with Gasteiger partial charge in [0.25, 0.3) is 0 Å². The van der Waals surface area contributed by atoms with Gasteiger partial charge < -0.3 is 14.8 Å². The van der Waals surface area contributed by atoms with Gasteiger partial charge >= 0.3 is 20.1 Å². The van der Waals surface area contributed by atoms with E-state index in [4.69, 9.17) is 0 Å². The monoisotopic (exact) mass is 585 g/mol. The van der Waals surface area contributed by atoms with Crippen LogP contribution in [0, 0.1) is 18.8 Å². The Kier molecular flexibility index (Phi) is 6.24. The fourth-order valence-corrected chi connectivity index (χ4v) is 4.54. The van der Waals surface area contributed by atoms with Crippen LogP contribution >= 0.6 is 11.8 Å². The zero-order chi connectivity index (χ0) is 19.6. The summed E-state index contributed by atoms with van der Waals surface area (Å²) in [5, 5.41) is 0.